The van der Waals surface area contributed by atoms with Crippen LogP contribution in [0.25, 0.3) is 0 Å². The normalized spacial score (nSPS) is 10.3. The molecule has 0 aliphatic rings. The number of ether oxygens (including phenoxy) is 2. The first-order chi connectivity index (χ1) is 14.0. The average molecular weight is 391 g/mol. The van der Waals surface area contributed by atoms with Gasteiger partial charge in [0.2, 0.25) is 0 Å². The van der Waals surface area contributed by atoms with Gasteiger partial charge in [0.05, 0.1) is 37.4 Å². The summed E-state index contributed by atoms with van der Waals surface area (Å²) in [5, 5.41) is 6.27. The number of aryl methyl sites for hydroxylation is 2. The molecule has 0 bridgehead atoms. The molecule has 29 heavy (non-hydrogen) atoms. The lowest BCUT2D eigenvalue weighted by Crippen LogP contribution is -2.13. The van der Waals surface area contributed by atoms with Crippen LogP contribution in [0.2, 0.25) is 0 Å². The van der Waals surface area contributed by atoms with E-state index in [1.165, 1.54) is 11.8 Å². The van der Waals surface area contributed by atoms with E-state index in [1.807, 2.05) is 6.07 Å². The minimum Gasteiger partial charge on any atom is -0.497 e. The van der Waals surface area contributed by atoms with E-state index in [0.29, 0.717) is 22.7 Å². The summed E-state index contributed by atoms with van der Waals surface area (Å²) < 4.78 is 10.6. The van der Waals surface area contributed by atoms with Crippen molar-refractivity contribution < 1.29 is 14.3 Å². The zero-order chi connectivity index (χ0) is 20.8. The average Bonchev–Trinajstić information content (AvgIpc) is 2.75. The highest BCUT2D eigenvalue weighted by Crippen LogP contribution is 2.30. The third-order valence-electron chi connectivity index (χ3n) is 4.66. The molecule has 6 heteroatoms. The third-order valence-corrected chi connectivity index (χ3v) is 4.66. The van der Waals surface area contributed by atoms with Gasteiger partial charge in [-0.2, -0.15) is 0 Å². The van der Waals surface area contributed by atoms with Crippen molar-refractivity contribution in [3.8, 4) is 11.5 Å². The van der Waals surface area contributed by atoms with E-state index in [2.05, 4.69) is 41.6 Å². The Morgan fingerprint density at radius 2 is 1.90 bits per heavy atom. The number of aromatic nitrogens is 1. The van der Waals surface area contributed by atoms with Crippen molar-refractivity contribution in [1.82, 2.24) is 4.98 Å². The smallest absolute Gasteiger partial charge is 0.257 e. The minimum atomic E-state index is -0.284. The van der Waals surface area contributed by atoms with Crippen molar-refractivity contribution in [3.63, 3.8) is 0 Å². The second-order valence-corrected chi connectivity index (χ2v) is 6.57. The number of hydrogen-bond donors (Lipinski definition) is 2. The quantitative estimate of drug-likeness (QED) is 0.595. The van der Waals surface area contributed by atoms with Crippen LogP contribution in [0.5, 0.6) is 11.5 Å². The van der Waals surface area contributed by atoms with Gasteiger partial charge in [-0.25, -0.2) is 0 Å². The summed E-state index contributed by atoms with van der Waals surface area (Å²) in [5.74, 6) is 0.892. The van der Waals surface area contributed by atoms with E-state index in [1.54, 1.807) is 44.7 Å². The van der Waals surface area contributed by atoms with E-state index in [9.17, 15) is 4.79 Å². The first kappa shape index (κ1) is 20.2. The van der Waals surface area contributed by atoms with Gasteiger partial charge in [-0.05, 0) is 42.7 Å². The molecule has 3 rings (SSSR count). The number of nitrogens with zero attached hydrogens (tertiary/aromatic N) is 1. The molecular weight excluding hydrogens is 366 g/mol. The van der Waals surface area contributed by atoms with Crippen molar-refractivity contribution in [2.45, 2.75) is 20.3 Å². The molecule has 0 atom stereocenters. The van der Waals surface area contributed by atoms with Gasteiger partial charge in [0.1, 0.15) is 11.5 Å². The first-order valence-corrected chi connectivity index (χ1v) is 9.39. The summed E-state index contributed by atoms with van der Waals surface area (Å²) in [6.45, 7) is 4.17. The summed E-state index contributed by atoms with van der Waals surface area (Å²) in [7, 11) is 3.12. The molecule has 6 nitrogen and oxygen atoms in total. The molecule has 0 unspecified atom stereocenters. The number of hydrogen-bond acceptors (Lipinski definition) is 5. The van der Waals surface area contributed by atoms with Gasteiger partial charge < -0.3 is 20.1 Å². The number of methoxy groups -OCH3 is 2. The predicted molar refractivity (Wildman–Crippen MR) is 116 cm³/mol. The monoisotopic (exact) mass is 391 g/mol. The van der Waals surface area contributed by atoms with Gasteiger partial charge >= 0.3 is 0 Å². The fourth-order valence-corrected chi connectivity index (χ4v) is 3.09. The molecule has 2 N–H and O–H groups in total. The van der Waals surface area contributed by atoms with Crippen molar-refractivity contribution in [3.05, 3.63) is 71.5 Å². The number of carbonyl (C=O) groups excluding carboxylic acids is 1. The van der Waals surface area contributed by atoms with Crippen molar-refractivity contribution >= 4 is 23.0 Å². The lowest BCUT2D eigenvalue weighted by molar-refractivity contribution is 0.102. The SMILES string of the molecule is CCc1cccc(C)c1Nc1cncc(C(=O)Nc2cc(OC)ccc2OC)c1. The Bertz CT molecular complexity index is 1020. The molecule has 1 aromatic heterocycles. The van der Waals surface area contributed by atoms with Crippen LogP contribution < -0.4 is 20.1 Å². The maximum atomic E-state index is 12.8. The fourth-order valence-electron chi connectivity index (χ4n) is 3.09. The predicted octanol–water partition coefficient (Wildman–Crippen LogP) is 4.97. The molecule has 0 aliphatic heterocycles. The van der Waals surface area contributed by atoms with Gasteiger partial charge in [-0.3, -0.25) is 9.78 Å². The minimum absolute atomic E-state index is 0.284. The van der Waals surface area contributed by atoms with E-state index in [-0.39, 0.29) is 5.91 Å². The van der Waals surface area contributed by atoms with Crippen LogP contribution >= 0.6 is 0 Å². The second kappa shape index (κ2) is 9.10. The number of anilines is 3. The summed E-state index contributed by atoms with van der Waals surface area (Å²) in [6, 6.07) is 13.2. The largest absolute Gasteiger partial charge is 0.497 e. The highest BCUT2D eigenvalue weighted by molar-refractivity contribution is 6.05. The van der Waals surface area contributed by atoms with Gasteiger partial charge in [0.15, 0.2) is 0 Å². The molecule has 1 amide bonds. The topological polar surface area (TPSA) is 72.5 Å². The van der Waals surface area contributed by atoms with Crippen molar-refractivity contribution in [2.75, 3.05) is 24.9 Å². The Hall–Kier alpha value is -3.54. The third kappa shape index (κ3) is 4.66. The van der Waals surface area contributed by atoms with Crippen molar-refractivity contribution in [1.29, 1.82) is 0 Å². The second-order valence-electron chi connectivity index (χ2n) is 6.57. The number of amides is 1. The zero-order valence-corrected chi connectivity index (χ0v) is 17.1. The Morgan fingerprint density at radius 3 is 2.62 bits per heavy atom. The summed E-state index contributed by atoms with van der Waals surface area (Å²) in [6.07, 6.45) is 4.15. The lowest BCUT2D eigenvalue weighted by atomic mass is 10.1. The van der Waals surface area contributed by atoms with E-state index in [4.69, 9.17) is 9.47 Å². The van der Waals surface area contributed by atoms with Crippen LogP contribution in [-0.4, -0.2) is 25.1 Å². The molecule has 0 fully saturated rings. The number of rotatable bonds is 7. The molecule has 0 aliphatic carbocycles. The molecule has 150 valence electrons. The van der Waals surface area contributed by atoms with E-state index >= 15 is 0 Å². The van der Waals surface area contributed by atoms with Crippen LogP contribution in [0, 0.1) is 6.92 Å². The van der Waals surface area contributed by atoms with Gasteiger partial charge in [0, 0.05) is 18.0 Å². The van der Waals surface area contributed by atoms with Gasteiger partial charge in [-0.1, -0.05) is 25.1 Å². The summed E-state index contributed by atoms with van der Waals surface area (Å²) >= 11 is 0. The molecule has 0 radical (unpaired) electrons. The molecule has 2 aromatic carbocycles. The lowest BCUT2D eigenvalue weighted by Gasteiger charge is -2.15. The molecule has 0 saturated heterocycles. The Balaban J connectivity index is 1.84. The number of nitrogens with one attached hydrogen (secondary N) is 2. The number of pyridine rings is 1. The Morgan fingerprint density at radius 1 is 1.07 bits per heavy atom. The molecule has 0 saturated carbocycles. The maximum absolute atomic E-state index is 12.8. The van der Waals surface area contributed by atoms with Crippen LogP contribution in [0.3, 0.4) is 0 Å². The maximum Gasteiger partial charge on any atom is 0.257 e. The fraction of sp³-hybridized carbons (Fsp3) is 0.217. The number of para-hydroxylation sites is 1. The Kier molecular flexibility index (Phi) is 6.34. The van der Waals surface area contributed by atoms with Crippen LogP contribution in [0.4, 0.5) is 17.1 Å². The molecule has 0 spiro atoms. The van der Waals surface area contributed by atoms with Crippen LogP contribution in [-0.2, 0) is 6.42 Å². The summed E-state index contributed by atoms with van der Waals surface area (Å²) in [5.41, 5.74) is 5.11. The highest BCUT2D eigenvalue weighted by atomic mass is 16.5. The van der Waals surface area contributed by atoms with E-state index < -0.39 is 0 Å². The first-order valence-electron chi connectivity index (χ1n) is 9.39. The molecule has 3 aromatic rings. The Labute approximate surface area is 170 Å². The van der Waals surface area contributed by atoms with E-state index in [0.717, 1.165) is 23.4 Å². The highest BCUT2D eigenvalue weighted by Gasteiger charge is 2.13. The van der Waals surface area contributed by atoms with Gasteiger partial charge in [-0.15, -0.1) is 0 Å². The zero-order valence-electron chi connectivity index (χ0n) is 17.1. The standard InChI is InChI=1S/C23H25N3O3/c1-5-16-8-6-7-15(2)22(16)25-18-11-17(13-24-14-18)23(27)26-20-12-19(28-3)9-10-21(20)29-4/h6-14,25H,5H2,1-4H3,(H,26,27). The van der Waals surface area contributed by atoms with Crippen LogP contribution in [0.1, 0.15) is 28.4 Å². The van der Waals surface area contributed by atoms with Crippen LogP contribution in [0.15, 0.2) is 54.9 Å². The number of benzene rings is 2. The van der Waals surface area contributed by atoms with Gasteiger partial charge in [0.25, 0.3) is 5.91 Å². The van der Waals surface area contributed by atoms with Crippen molar-refractivity contribution in [2.24, 2.45) is 0 Å². The number of carbonyl (C=O) groups is 1. The summed E-state index contributed by atoms with van der Waals surface area (Å²) in [4.78, 5) is 17.0. The molecule has 1 heterocycles. The molecular formula is C23H25N3O3.